The van der Waals surface area contributed by atoms with Crippen molar-refractivity contribution in [3.63, 3.8) is 0 Å². The molecule has 0 spiro atoms. The highest BCUT2D eigenvalue weighted by atomic mass is 16.5. The molecule has 1 unspecified atom stereocenters. The molecule has 1 fully saturated rings. The van der Waals surface area contributed by atoms with Crippen molar-refractivity contribution in [1.29, 1.82) is 0 Å². The van der Waals surface area contributed by atoms with Crippen molar-refractivity contribution in [2.75, 3.05) is 26.8 Å². The van der Waals surface area contributed by atoms with Crippen molar-refractivity contribution >= 4 is 12.0 Å². The minimum atomic E-state index is -1.03. The summed E-state index contributed by atoms with van der Waals surface area (Å²) in [5.41, 5.74) is -0.387. The van der Waals surface area contributed by atoms with Crippen molar-refractivity contribution in [3.8, 4) is 0 Å². The molecule has 0 saturated carbocycles. The van der Waals surface area contributed by atoms with Gasteiger partial charge in [0.05, 0.1) is 12.1 Å². The van der Waals surface area contributed by atoms with Gasteiger partial charge in [-0.25, -0.2) is 4.79 Å². The smallest absolute Gasteiger partial charge is 0.323 e. The molecule has 6 heteroatoms. The zero-order valence-electron chi connectivity index (χ0n) is 9.65. The third-order valence-electron chi connectivity index (χ3n) is 2.57. The molecule has 1 atom stereocenters. The molecule has 2 N–H and O–H groups in total. The second kappa shape index (κ2) is 5.16. The van der Waals surface area contributed by atoms with Gasteiger partial charge in [0, 0.05) is 13.7 Å². The highest BCUT2D eigenvalue weighted by molar-refractivity contribution is 5.80. The Bertz CT molecular complexity index is 274. The van der Waals surface area contributed by atoms with Crippen molar-refractivity contribution in [2.45, 2.75) is 25.3 Å². The molecule has 0 aliphatic carbocycles. The maximum Gasteiger partial charge on any atom is 0.323 e. The molecule has 0 aromatic carbocycles. The lowest BCUT2D eigenvalue weighted by Crippen LogP contribution is -2.55. The van der Waals surface area contributed by atoms with Crippen LogP contribution in [0.4, 0.5) is 4.79 Å². The fourth-order valence-electron chi connectivity index (χ4n) is 1.66. The Morgan fingerprint density at radius 3 is 2.75 bits per heavy atom. The number of hydrogen-bond acceptors (Lipinski definition) is 3. The Morgan fingerprint density at radius 2 is 2.25 bits per heavy atom. The number of carbonyl (C=O) groups excluding carboxylic acids is 1. The number of nitrogens with one attached hydrogen (secondary N) is 1. The number of rotatable bonds is 3. The Morgan fingerprint density at radius 1 is 1.56 bits per heavy atom. The van der Waals surface area contributed by atoms with Gasteiger partial charge in [0.2, 0.25) is 0 Å². The summed E-state index contributed by atoms with van der Waals surface area (Å²) < 4.78 is 5.30. The number of ether oxygens (including phenoxy) is 1. The van der Waals surface area contributed by atoms with Crippen LogP contribution in [0.1, 0.15) is 19.8 Å². The Labute approximate surface area is 94.6 Å². The van der Waals surface area contributed by atoms with Crippen molar-refractivity contribution in [2.24, 2.45) is 0 Å². The second-order valence-electron chi connectivity index (χ2n) is 4.40. The first-order valence-corrected chi connectivity index (χ1v) is 5.26. The summed E-state index contributed by atoms with van der Waals surface area (Å²) in [5, 5.41) is 11.4. The Balaban J connectivity index is 2.45. The molecule has 0 bridgehead atoms. The molecule has 1 aliphatic rings. The molecule has 92 valence electrons. The van der Waals surface area contributed by atoms with Crippen LogP contribution in [0.15, 0.2) is 0 Å². The summed E-state index contributed by atoms with van der Waals surface area (Å²) >= 11 is 0. The fraction of sp³-hybridized carbons (Fsp3) is 0.800. The molecular formula is C10H18N2O4. The maximum atomic E-state index is 11.6. The van der Waals surface area contributed by atoms with Gasteiger partial charge < -0.3 is 20.1 Å². The van der Waals surface area contributed by atoms with Gasteiger partial charge in [0.15, 0.2) is 0 Å². The third kappa shape index (κ3) is 3.69. The molecule has 1 saturated heterocycles. The van der Waals surface area contributed by atoms with E-state index in [0.717, 1.165) is 24.3 Å². The highest BCUT2D eigenvalue weighted by Gasteiger charge is 2.30. The third-order valence-corrected chi connectivity index (χ3v) is 2.57. The molecule has 6 nitrogen and oxygen atoms in total. The molecule has 16 heavy (non-hydrogen) atoms. The number of hydrogen-bond donors (Lipinski definition) is 2. The van der Waals surface area contributed by atoms with Gasteiger partial charge >= 0.3 is 12.0 Å². The number of nitrogens with zero attached hydrogens (tertiary/aromatic N) is 1. The summed E-state index contributed by atoms with van der Waals surface area (Å²) in [4.78, 5) is 23.2. The Hall–Kier alpha value is -1.30. The minimum absolute atomic E-state index is 0.303. The SMILES string of the molecule is CN(CC(=O)O)C(=O)NC1(C)CCCOC1. The predicted octanol–water partition coefficient (Wildman–Crippen LogP) is 0.281. The molecule has 0 aromatic heterocycles. The standard InChI is InChI=1S/C10H18N2O4/c1-10(4-3-5-16-7-10)11-9(15)12(2)6-8(13)14/h3-7H2,1-2H3,(H,11,15)(H,13,14). The van der Waals surface area contributed by atoms with Gasteiger partial charge in [-0.3, -0.25) is 4.79 Å². The number of carboxylic acid groups (broad SMARTS) is 1. The van der Waals surface area contributed by atoms with E-state index < -0.39 is 5.97 Å². The first-order valence-electron chi connectivity index (χ1n) is 5.26. The normalized spacial score (nSPS) is 24.9. The number of likely N-dealkylation sites (N-methyl/N-ethyl adjacent to an activating group) is 1. The van der Waals surface area contributed by atoms with E-state index in [-0.39, 0.29) is 18.1 Å². The van der Waals surface area contributed by atoms with Crippen LogP contribution in [0.5, 0.6) is 0 Å². The Kier molecular flexibility index (Phi) is 4.12. The zero-order chi connectivity index (χ0) is 12.2. The molecule has 1 aliphatic heterocycles. The van der Waals surface area contributed by atoms with Crippen LogP contribution < -0.4 is 5.32 Å². The monoisotopic (exact) mass is 230 g/mol. The summed E-state index contributed by atoms with van der Waals surface area (Å²) in [6, 6.07) is -0.379. The maximum absolute atomic E-state index is 11.6. The van der Waals surface area contributed by atoms with Crippen LogP contribution in [0.2, 0.25) is 0 Å². The average Bonchev–Trinajstić information content (AvgIpc) is 2.16. The van der Waals surface area contributed by atoms with Gasteiger partial charge in [-0.1, -0.05) is 0 Å². The summed E-state index contributed by atoms with van der Waals surface area (Å²) in [5.74, 6) is -1.03. The lowest BCUT2D eigenvalue weighted by Gasteiger charge is -2.35. The van der Waals surface area contributed by atoms with E-state index in [9.17, 15) is 9.59 Å². The molecule has 1 rings (SSSR count). The molecular weight excluding hydrogens is 212 g/mol. The number of carboxylic acids is 1. The van der Waals surface area contributed by atoms with Gasteiger partial charge in [-0.15, -0.1) is 0 Å². The van der Waals surface area contributed by atoms with Crippen molar-refractivity contribution in [3.05, 3.63) is 0 Å². The minimum Gasteiger partial charge on any atom is -0.480 e. The molecule has 0 radical (unpaired) electrons. The van der Waals surface area contributed by atoms with Crippen molar-refractivity contribution in [1.82, 2.24) is 10.2 Å². The number of aliphatic carboxylic acids is 1. The first kappa shape index (κ1) is 12.8. The van der Waals surface area contributed by atoms with E-state index >= 15 is 0 Å². The topological polar surface area (TPSA) is 78.9 Å². The van der Waals surface area contributed by atoms with E-state index in [0.29, 0.717) is 6.61 Å². The number of urea groups is 1. The summed E-state index contributed by atoms with van der Waals surface area (Å²) in [6.07, 6.45) is 1.75. The van der Waals surface area contributed by atoms with E-state index in [1.807, 2.05) is 6.92 Å². The van der Waals surface area contributed by atoms with Gasteiger partial charge in [0.25, 0.3) is 0 Å². The average molecular weight is 230 g/mol. The molecule has 0 aromatic rings. The fourth-order valence-corrected chi connectivity index (χ4v) is 1.66. The zero-order valence-corrected chi connectivity index (χ0v) is 9.65. The lowest BCUT2D eigenvalue weighted by molar-refractivity contribution is -0.137. The van der Waals surface area contributed by atoms with E-state index in [1.165, 1.54) is 7.05 Å². The summed E-state index contributed by atoms with van der Waals surface area (Å²) in [6.45, 7) is 2.79. The second-order valence-corrected chi connectivity index (χ2v) is 4.40. The highest BCUT2D eigenvalue weighted by Crippen LogP contribution is 2.18. The van der Waals surface area contributed by atoms with Crippen LogP contribution in [0.3, 0.4) is 0 Å². The van der Waals surface area contributed by atoms with E-state index in [2.05, 4.69) is 5.32 Å². The molecule has 2 amide bonds. The van der Waals surface area contributed by atoms with Crippen LogP contribution >= 0.6 is 0 Å². The van der Waals surface area contributed by atoms with Crippen LogP contribution in [-0.2, 0) is 9.53 Å². The first-order chi connectivity index (χ1) is 7.43. The quantitative estimate of drug-likeness (QED) is 0.730. The summed E-state index contributed by atoms with van der Waals surface area (Å²) in [7, 11) is 1.45. The van der Waals surface area contributed by atoms with E-state index in [4.69, 9.17) is 9.84 Å². The predicted molar refractivity (Wildman–Crippen MR) is 57.3 cm³/mol. The van der Waals surface area contributed by atoms with Crippen LogP contribution in [0.25, 0.3) is 0 Å². The lowest BCUT2D eigenvalue weighted by atomic mass is 9.95. The van der Waals surface area contributed by atoms with Crippen LogP contribution in [0, 0.1) is 0 Å². The van der Waals surface area contributed by atoms with E-state index in [1.54, 1.807) is 0 Å². The van der Waals surface area contributed by atoms with Gasteiger partial charge in [-0.2, -0.15) is 0 Å². The van der Waals surface area contributed by atoms with Gasteiger partial charge in [0.1, 0.15) is 6.54 Å². The van der Waals surface area contributed by atoms with Crippen LogP contribution in [-0.4, -0.2) is 54.4 Å². The number of amides is 2. The molecule has 1 heterocycles. The largest absolute Gasteiger partial charge is 0.480 e. The van der Waals surface area contributed by atoms with Crippen molar-refractivity contribution < 1.29 is 19.4 Å². The number of carbonyl (C=O) groups is 2. The van der Waals surface area contributed by atoms with Gasteiger partial charge in [-0.05, 0) is 19.8 Å².